The van der Waals surface area contributed by atoms with Gasteiger partial charge in [-0.3, -0.25) is 9.59 Å². The number of aromatic nitrogens is 4. The number of hydrogen-bond acceptors (Lipinski definition) is 10. The molecule has 2 saturated carbocycles. The first-order valence-electron chi connectivity index (χ1n) is 23.4. The molecule has 4 N–H and O–H groups in total. The third kappa shape index (κ3) is 7.59. The minimum absolute atomic E-state index is 0.0208. The van der Waals surface area contributed by atoms with Gasteiger partial charge in [-0.2, -0.15) is 0 Å². The van der Waals surface area contributed by atoms with Crippen LogP contribution in [0.4, 0.5) is 9.59 Å². The van der Waals surface area contributed by atoms with Crippen molar-refractivity contribution in [3.63, 3.8) is 0 Å². The molecule has 0 bridgehead atoms. The Balaban J connectivity index is 0.807. The van der Waals surface area contributed by atoms with Crippen molar-refractivity contribution in [3.05, 3.63) is 59.3 Å². The van der Waals surface area contributed by atoms with Gasteiger partial charge >= 0.3 is 12.2 Å². The molecule has 3 aliphatic carbocycles. The predicted octanol–water partition coefficient (Wildman–Crippen LogP) is 6.41. The molecule has 2 spiro atoms. The molecule has 64 heavy (non-hydrogen) atoms. The van der Waals surface area contributed by atoms with Crippen LogP contribution in [0.5, 0.6) is 0 Å². The molecular formula is C48H58N8O8. The summed E-state index contributed by atoms with van der Waals surface area (Å²) in [5.41, 5.74) is 7.94. The van der Waals surface area contributed by atoms with Crippen LogP contribution in [0.25, 0.3) is 33.4 Å². The number of imidazole rings is 2. The Kier molecular flexibility index (Phi) is 10.4. The van der Waals surface area contributed by atoms with Crippen LogP contribution in [-0.2, 0) is 41.4 Å². The van der Waals surface area contributed by atoms with Crippen molar-refractivity contribution < 1.29 is 38.1 Å². The van der Waals surface area contributed by atoms with Gasteiger partial charge < -0.3 is 49.3 Å². The van der Waals surface area contributed by atoms with Gasteiger partial charge in [0, 0.05) is 31.9 Å². The summed E-state index contributed by atoms with van der Waals surface area (Å²) in [7, 11) is 2.66. The molecule has 338 valence electrons. The zero-order chi connectivity index (χ0) is 43.7. The number of fused-ring (bicyclic) bond motifs is 4. The average Bonchev–Trinajstić information content (AvgIpc) is 3.83. The number of likely N-dealkylation sites (tertiary alicyclic amines) is 2. The van der Waals surface area contributed by atoms with Crippen molar-refractivity contribution in [3.8, 4) is 22.4 Å². The van der Waals surface area contributed by atoms with E-state index in [-0.39, 0.29) is 46.9 Å². The molecule has 6 atom stereocenters. The Labute approximate surface area is 371 Å². The number of carbonyl (C=O) groups excluding carboxylic acids is 4. The number of H-pyrrole nitrogens is 2. The van der Waals surface area contributed by atoms with Gasteiger partial charge in [-0.15, -0.1) is 0 Å². The zero-order valence-electron chi connectivity index (χ0n) is 36.7. The van der Waals surface area contributed by atoms with E-state index in [1.807, 2.05) is 9.80 Å². The lowest BCUT2D eigenvalue weighted by Crippen LogP contribution is -2.54. The number of aryl methyl sites for hydroxylation is 2. The van der Waals surface area contributed by atoms with Crippen LogP contribution in [0.15, 0.2) is 36.4 Å². The van der Waals surface area contributed by atoms with Crippen molar-refractivity contribution in [2.75, 3.05) is 40.5 Å². The van der Waals surface area contributed by atoms with Gasteiger partial charge in [0.15, 0.2) is 0 Å². The number of ether oxygens (including phenoxy) is 4. The first-order chi connectivity index (χ1) is 31.1. The van der Waals surface area contributed by atoms with E-state index in [0.717, 1.165) is 128 Å². The number of benzene rings is 2. The fourth-order valence-electron chi connectivity index (χ4n) is 11.6. The molecule has 7 aliphatic rings. The lowest BCUT2D eigenvalue weighted by Gasteiger charge is -2.37. The van der Waals surface area contributed by atoms with Crippen molar-refractivity contribution in [2.24, 2.45) is 11.8 Å². The topological polar surface area (TPSA) is 193 Å². The number of amides is 4. The second-order valence-electron chi connectivity index (χ2n) is 19.3. The van der Waals surface area contributed by atoms with Gasteiger partial charge in [-0.25, -0.2) is 19.6 Å². The van der Waals surface area contributed by atoms with E-state index in [4.69, 9.17) is 28.9 Å². The van der Waals surface area contributed by atoms with E-state index < -0.39 is 24.3 Å². The Bertz CT molecular complexity index is 2490. The van der Waals surface area contributed by atoms with E-state index >= 15 is 0 Å². The second kappa shape index (κ2) is 16.2. The summed E-state index contributed by atoms with van der Waals surface area (Å²) in [5, 5.41) is 5.81. The van der Waals surface area contributed by atoms with Crippen molar-refractivity contribution in [1.29, 1.82) is 0 Å². The lowest BCUT2D eigenvalue weighted by molar-refractivity contribution is -0.138. The standard InChI is InChI=1S/C48H58N8O8/c1-61-45(59)53-38(30-13-21-63-47(25-30)15-16-47)43(57)55-19-3-5-36(55)41-49-33-11-8-28(24-35(33)51-41)27-7-10-32-29(23-27)9-12-34-40(32)52-42(50-34)37-6-4-20-56(37)44(58)39(54-46(60)62-2)31-14-22-64-48(26-31)17-18-48/h7-8,10-11,23-24,30-31,36-39H,3-6,9,12-22,25-26H2,1-2H3,(H,49,51)(H,50,52)(H,53,59)(H,54,60)/t30?,31?,36-,37-,38?,39?/m0/s1. The van der Waals surface area contributed by atoms with Crippen LogP contribution < -0.4 is 10.6 Å². The molecule has 11 rings (SSSR count). The number of rotatable bonds is 9. The highest BCUT2D eigenvalue weighted by atomic mass is 16.5. The molecule has 4 aliphatic heterocycles. The molecule has 2 aromatic carbocycles. The molecule has 0 radical (unpaired) electrons. The maximum atomic E-state index is 14.4. The molecular weight excluding hydrogens is 817 g/mol. The Morgan fingerprint density at radius 3 is 1.86 bits per heavy atom. The van der Waals surface area contributed by atoms with E-state index in [9.17, 15) is 19.2 Å². The van der Waals surface area contributed by atoms with Gasteiger partial charge in [0.1, 0.15) is 23.7 Å². The van der Waals surface area contributed by atoms with Crippen molar-refractivity contribution in [1.82, 2.24) is 40.4 Å². The van der Waals surface area contributed by atoms with Crippen LogP contribution >= 0.6 is 0 Å². The summed E-state index contributed by atoms with van der Waals surface area (Å²) in [4.78, 5) is 75.0. The third-order valence-corrected chi connectivity index (χ3v) is 15.4. The monoisotopic (exact) mass is 874 g/mol. The van der Waals surface area contributed by atoms with Gasteiger partial charge in [-0.1, -0.05) is 24.3 Å². The Morgan fingerprint density at radius 1 is 0.719 bits per heavy atom. The number of aromatic amines is 2. The first-order valence-corrected chi connectivity index (χ1v) is 23.4. The van der Waals surface area contributed by atoms with Crippen LogP contribution in [0.1, 0.15) is 112 Å². The second-order valence-corrected chi connectivity index (χ2v) is 19.3. The number of nitrogens with zero attached hydrogens (tertiary/aromatic N) is 4. The highest BCUT2D eigenvalue weighted by Gasteiger charge is 2.53. The molecule has 6 fully saturated rings. The normalized spacial score (nSPS) is 26.0. The molecule has 16 heteroatoms. The highest BCUT2D eigenvalue weighted by molar-refractivity contribution is 5.88. The number of methoxy groups -OCH3 is 2. The van der Waals surface area contributed by atoms with E-state index in [1.165, 1.54) is 19.8 Å². The first kappa shape index (κ1) is 41.2. The minimum Gasteiger partial charge on any atom is -0.453 e. The summed E-state index contributed by atoms with van der Waals surface area (Å²) < 4.78 is 22.1. The van der Waals surface area contributed by atoms with Crippen LogP contribution in [0.3, 0.4) is 0 Å². The number of hydrogen-bond donors (Lipinski definition) is 4. The summed E-state index contributed by atoms with van der Waals surface area (Å²) in [6.07, 6.45) is 10.6. The smallest absolute Gasteiger partial charge is 0.407 e. The Hall–Kier alpha value is -5.48. The SMILES string of the molecule is COC(=O)NC(C(=O)N1CCC[C@H]1c1nc2c([nH]1)-c1ccc(-c3ccc4[nH]c([C@@H]5CCCN5C(=O)C(NC(=O)OC)C5CCOC6(CC6)C5)nc4c3)cc1CC2)C1CCOC2(CC2)C1. The number of carbonyl (C=O) groups is 4. The number of nitrogens with one attached hydrogen (secondary N) is 4. The fraction of sp³-hybridized carbons (Fsp3) is 0.583. The number of alkyl carbamates (subject to hydrolysis) is 2. The maximum Gasteiger partial charge on any atom is 0.407 e. The summed E-state index contributed by atoms with van der Waals surface area (Å²) in [6, 6.07) is 11.0. The van der Waals surface area contributed by atoms with Crippen LogP contribution in [0.2, 0.25) is 0 Å². The summed E-state index contributed by atoms with van der Waals surface area (Å²) >= 11 is 0. The van der Waals surface area contributed by atoms with Crippen LogP contribution in [0, 0.1) is 11.8 Å². The van der Waals surface area contributed by atoms with Gasteiger partial charge in [0.2, 0.25) is 11.8 Å². The minimum atomic E-state index is -0.688. The molecule has 4 aromatic rings. The summed E-state index contributed by atoms with van der Waals surface area (Å²) in [6.45, 7) is 2.37. The third-order valence-electron chi connectivity index (χ3n) is 15.4. The summed E-state index contributed by atoms with van der Waals surface area (Å²) in [5.74, 6) is 1.33. The highest BCUT2D eigenvalue weighted by Crippen LogP contribution is 2.50. The van der Waals surface area contributed by atoms with E-state index in [1.54, 1.807) is 0 Å². The molecule has 16 nitrogen and oxygen atoms in total. The molecule has 4 unspecified atom stereocenters. The largest absolute Gasteiger partial charge is 0.453 e. The molecule has 4 saturated heterocycles. The van der Waals surface area contributed by atoms with Gasteiger partial charge in [-0.05, 0) is 131 Å². The zero-order valence-corrected chi connectivity index (χ0v) is 36.7. The molecule has 2 aromatic heterocycles. The maximum absolute atomic E-state index is 14.4. The van der Waals surface area contributed by atoms with Crippen molar-refractivity contribution >= 4 is 35.0 Å². The predicted molar refractivity (Wildman–Crippen MR) is 234 cm³/mol. The Morgan fingerprint density at radius 2 is 1.28 bits per heavy atom. The molecule has 6 heterocycles. The van der Waals surface area contributed by atoms with Gasteiger partial charge in [0.05, 0.1) is 59.9 Å². The average molecular weight is 875 g/mol. The fourth-order valence-corrected chi connectivity index (χ4v) is 11.6. The molecule has 4 amide bonds. The van der Waals surface area contributed by atoms with E-state index in [0.29, 0.717) is 39.1 Å². The quantitative estimate of drug-likeness (QED) is 0.146. The lowest BCUT2D eigenvalue weighted by atomic mass is 9.86. The van der Waals surface area contributed by atoms with Crippen LogP contribution in [-0.4, -0.2) is 118 Å². The van der Waals surface area contributed by atoms with Gasteiger partial charge in [0.25, 0.3) is 0 Å². The van der Waals surface area contributed by atoms with E-state index in [2.05, 4.69) is 57.0 Å². The van der Waals surface area contributed by atoms with Crippen molar-refractivity contribution in [2.45, 2.75) is 125 Å².